The quantitative estimate of drug-likeness (QED) is 0.413. The lowest BCUT2D eigenvalue weighted by atomic mass is 10.2. The topological polar surface area (TPSA) is 156 Å². The number of carbonyl (C=O) groups excluding carboxylic acids is 1. The van der Waals surface area contributed by atoms with Gasteiger partial charge in [0.25, 0.3) is 0 Å². The third-order valence-electron chi connectivity index (χ3n) is 5.49. The Balaban J connectivity index is 1.68. The van der Waals surface area contributed by atoms with Gasteiger partial charge in [-0.3, -0.25) is 14.5 Å². The highest BCUT2D eigenvalue weighted by molar-refractivity contribution is 7.89. The smallest absolute Gasteiger partial charge is 0.307 e. The molecule has 2 aromatic rings. The van der Waals surface area contributed by atoms with Gasteiger partial charge in [0.1, 0.15) is 17.5 Å². The molecule has 0 saturated carbocycles. The Morgan fingerprint density at radius 2 is 2.03 bits per heavy atom. The number of carbonyl (C=O) groups is 2. The van der Waals surface area contributed by atoms with Crippen molar-refractivity contribution in [1.29, 1.82) is 0 Å². The van der Waals surface area contributed by atoms with Gasteiger partial charge in [-0.2, -0.15) is 4.31 Å². The van der Waals surface area contributed by atoms with E-state index in [1.165, 1.54) is 29.6 Å². The van der Waals surface area contributed by atoms with Gasteiger partial charge in [-0.15, -0.1) is 0 Å². The van der Waals surface area contributed by atoms with Crippen LogP contribution in [-0.2, 0) is 37.2 Å². The number of aliphatic carboxylic acids is 1. The molecule has 3 rings (SSSR count). The summed E-state index contributed by atoms with van der Waals surface area (Å²) in [7, 11) is -2.37. The van der Waals surface area contributed by atoms with Gasteiger partial charge < -0.3 is 15.6 Å². The fraction of sp³-hybridized carbons (Fsp3) is 0.455. The second-order valence-electron chi connectivity index (χ2n) is 8.00. The van der Waals surface area contributed by atoms with Crippen LogP contribution < -0.4 is 10.6 Å². The number of benzene rings is 1. The molecule has 184 valence electrons. The third-order valence-corrected chi connectivity index (χ3v) is 7.38. The minimum atomic E-state index is -3.86. The summed E-state index contributed by atoms with van der Waals surface area (Å²) >= 11 is 0. The molecule has 1 aromatic heterocycles. The van der Waals surface area contributed by atoms with Crippen molar-refractivity contribution in [3.05, 3.63) is 41.2 Å². The highest BCUT2D eigenvalue weighted by Crippen LogP contribution is 2.30. The number of amides is 1. The van der Waals surface area contributed by atoms with E-state index in [-0.39, 0.29) is 43.3 Å². The zero-order valence-corrected chi connectivity index (χ0v) is 20.0. The summed E-state index contributed by atoms with van der Waals surface area (Å²) in [5, 5.41) is 9.01. The van der Waals surface area contributed by atoms with E-state index in [9.17, 15) is 18.0 Å². The fourth-order valence-corrected chi connectivity index (χ4v) is 5.37. The normalized spacial score (nSPS) is 13.5. The average Bonchev–Trinajstić information content (AvgIpc) is 3.08. The first-order valence-corrected chi connectivity index (χ1v) is 12.3. The van der Waals surface area contributed by atoms with Crippen molar-refractivity contribution < 1.29 is 27.9 Å². The van der Waals surface area contributed by atoms with Crippen LogP contribution >= 0.6 is 0 Å². The van der Waals surface area contributed by atoms with Crippen LogP contribution in [0.3, 0.4) is 0 Å². The highest BCUT2D eigenvalue weighted by Gasteiger charge is 2.31. The van der Waals surface area contributed by atoms with E-state index >= 15 is 0 Å². The van der Waals surface area contributed by atoms with E-state index in [1.54, 1.807) is 17.9 Å². The second-order valence-corrected chi connectivity index (χ2v) is 9.94. The summed E-state index contributed by atoms with van der Waals surface area (Å²) in [6.45, 7) is 2.67. The summed E-state index contributed by atoms with van der Waals surface area (Å²) in [4.78, 5) is 33.5. The van der Waals surface area contributed by atoms with Crippen molar-refractivity contribution in [3.8, 4) is 0 Å². The number of unbranched alkanes of at least 4 members (excludes halogenated alkanes) is 1. The Morgan fingerprint density at radius 3 is 2.74 bits per heavy atom. The van der Waals surface area contributed by atoms with Crippen molar-refractivity contribution >= 4 is 33.5 Å². The van der Waals surface area contributed by atoms with Gasteiger partial charge in [0, 0.05) is 32.3 Å². The highest BCUT2D eigenvalue weighted by atomic mass is 32.2. The van der Waals surface area contributed by atoms with E-state index in [4.69, 9.17) is 15.6 Å². The zero-order chi connectivity index (χ0) is 24.9. The molecule has 1 aromatic carbocycles. The lowest BCUT2D eigenvalue weighted by molar-refractivity contribution is -0.136. The minimum Gasteiger partial charge on any atom is -0.481 e. The number of carboxylic acids is 1. The summed E-state index contributed by atoms with van der Waals surface area (Å²) in [6, 6.07) is 5.95. The number of methoxy groups -OCH3 is 1. The van der Waals surface area contributed by atoms with Crippen molar-refractivity contribution in [2.24, 2.45) is 0 Å². The molecule has 11 nitrogen and oxygen atoms in total. The molecule has 3 N–H and O–H groups in total. The molecule has 1 amide bonds. The molecule has 0 aliphatic carbocycles. The van der Waals surface area contributed by atoms with E-state index < -0.39 is 16.0 Å². The molecule has 1 aliphatic heterocycles. The number of anilines is 2. The van der Waals surface area contributed by atoms with E-state index in [1.807, 2.05) is 0 Å². The number of hydrogen-bond acceptors (Lipinski definition) is 8. The van der Waals surface area contributed by atoms with Gasteiger partial charge in [0.15, 0.2) is 0 Å². The van der Waals surface area contributed by atoms with Gasteiger partial charge in [-0.05, 0) is 37.5 Å². The maximum absolute atomic E-state index is 13.2. The van der Waals surface area contributed by atoms with Gasteiger partial charge in [-0.25, -0.2) is 18.4 Å². The standard InChI is InChI=1S/C22H29N5O6S/c1-15-24-21(23)18-14-19(28)27(22(18)25-15)9-4-3-8-26(10-11-33-2)34(31,32)17-7-5-6-16(12-17)13-20(29)30/h5-7,12H,3-4,8-11,13-14H2,1-2H3,(H,29,30)(H2,23,24,25). The Kier molecular flexibility index (Phi) is 8.18. The summed E-state index contributed by atoms with van der Waals surface area (Å²) < 4.78 is 32.9. The number of aryl methyl sites for hydroxylation is 1. The lowest BCUT2D eigenvalue weighted by Gasteiger charge is -2.23. The minimum absolute atomic E-state index is 0.0358. The van der Waals surface area contributed by atoms with Gasteiger partial charge in [-0.1, -0.05) is 12.1 Å². The van der Waals surface area contributed by atoms with Gasteiger partial charge >= 0.3 is 5.97 Å². The van der Waals surface area contributed by atoms with Crippen LogP contribution in [0.5, 0.6) is 0 Å². The van der Waals surface area contributed by atoms with Crippen molar-refractivity contribution in [3.63, 3.8) is 0 Å². The molecule has 0 fully saturated rings. The number of aromatic nitrogens is 2. The number of rotatable bonds is 12. The Morgan fingerprint density at radius 1 is 1.26 bits per heavy atom. The predicted octanol–water partition coefficient (Wildman–Crippen LogP) is 1.00. The SMILES string of the molecule is COCCN(CCCCN1C(=O)Cc2c(N)nc(C)nc21)S(=O)(=O)c1cccc(CC(=O)O)c1. The first-order chi connectivity index (χ1) is 16.1. The summed E-state index contributed by atoms with van der Waals surface area (Å²) in [5.41, 5.74) is 6.96. The van der Waals surface area contributed by atoms with Crippen LogP contribution in [0.25, 0.3) is 0 Å². The van der Waals surface area contributed by atoms with Gasteiger partial charge in [0.05, 0.1) is 24.3 Å². The largest absolute Gasteiger partial charge is 0.481 e. The first kappa shape index (κ1) is 25.5. The summed E-state index contributed by atoms with van der Waals surface area (Å²) in [5.74, 6) is 0.166. The molecule has 0 spiro atoms. The monoisotopic (exact) mass is 491 g/mol. The molecule has 34 heavy (non-hydrogen) atoms. The molecule has 0 unspecified atom stereocenters. The third kappa shape index (κ3) is 5.88. The average molecular weight is 492 g/mol. The molecule has 0 atom stereocenters. The number of nitrogen functional groups attached to an aromatic ring is 1. The van der Waals surface area contributed by atoms with Crippen molar-refractivity contribution in [1.82, 2.24) is 14.3 Å². The van der Waals surface area contributed by atoms with Crippen LogP contribution in [0.2, 0.25) is 0 Å². The maximum atomic E-state index is 13.2. The Labute approximate surface area is 198 Å². The van der Waals surface area contributed by atoms with E-state index in [0.717, 1.165) is 0 Å². The van der Waals surface area contributed by atoms with E-state index in [2.05, 4.69) is 9.97 Å². The van der Waals surface area contributed by atoms with Crippen LogP contribution in [0.15, 0.2) is 29.2 Å². The number of nitrogens with two attached hydrogens (primary N) is 1. The molecule has 0 radical (unpaired) electrons. The van der Waals surface area contributed by atoms with E-state index in [0.29, 0.717) is 48.0 Å². The number of carboxylic acid groups (broad SMARTS) is 1. The molecule has 1 aliphatic rings. The van der Waals surface area contributed by atoms with Gasteiger partial charge in [0.2, 0.25) is 15.9 Å². The molecule has 12 heteroatoms. The molecule has 2 heterocycles. The summed E-state index contributed by atoms with van der Waals surface area (Å²) in [6.07, 6.45) is 0.936. The molecule has 0 bridgehead atoms. The maximum Gasteiger partial charge on any atom is 0.307 e. The molecular weight excluding hydrogens is 462 g/mol. The molecule has 0 saturated heterocycles. The van der Waals surface area contributed by atoms with Crippen molar-refractivity contribution in [2.45, 2.75) is 37.5 Å². The van der Waals surface area contributed by atoms with Crippen LogP contribution in [0.1, 0.15) is 29.8 Å². The molecular formula is C22H29N5O6S. The second kappa shape index (κ2) is 10.9. The number of hydrogen-bond donors (Lipinski definition) is 2. The Hall–Kier alpha value is -3.09. The number of nitrogens with zero attached hydrogens (tertiary/aromatic N) is 4. The number of fused-ring (bicyclic) bond motifs is 1. The predicted molar refractivity (Wildman–Crippen MR) is 125 cm³/mol. The lowest BCUT2D eigenvalue weighted by Crippen LogP contribution is -2.35. The van der Waals surface area contributed by atoms with Crippen molar-refractivity contribution in [2.75, 3.05) is 44.0 Å². The fourth-order valence-electron chi connectivity index (χ4n) is 3.83. The van der Waals surface area contributed by atoms with Crippen LogP contribution in [0.4, 0.5) is 11.6 Å². The zero-order valence-electron chi connectivity index (χ0n) is 19.2. The van der Waals surface area contributed by atoms with Crippen LogP contribution in [0, 0.1) is 6.92 Å². The Bertz CT molecular complexity index is 1170. The number of ether oxygens (including phenoxy) is 1. The first-order valence-electron chi connectivity index (χ1n) is 10.9. The van der Waals surface area contributed by atoms with Crippen LogP contribution in [-0.4, -0.2) is 73.0 Å². The number of sulfonamides is 1.